The summed E-state index contributed by atoms with van der Waals surface area (Å²) in [5.41, 5.74) is 7.71. The van der Waals surface area contributed by atoms with E-state index in [-0.39, 0.29) is 12.6 Å². The quantitative estimate of drug-likeness (QED) is 0.521. The molecular formula is C21H17N5O. The van der Waals surface area contributed by atoms with E-state index in [1.165, 1.54) is 5.56 Å². The van der Waals surface area contributed by atoms with E-state index < -0.39 is 0 Å². The van der Waals surface area contributed by atoms with Crippen molar-refractivity contribution in [2.75, 3.05) is 5.32 Å². The number of H-pyrrole nitrogens is 1. The van der Waals surface area contributed by atoms with E-state index in [2.05, 4.69) is 62.9 Å². The van der Waals surface area contributed by atoms with E-state index >= 15 is 0 Å². The Bertz CT molecular complexity index is 1160. The van der Waals surface area contributed by atoms with E-state index in [9.17, 15) is 4.91 Å². The lowest BCUT2D eigenvalue weighted by atomic mass is 9.95. The fourth-order valence-electron chi connectivity index (χ4n) is 3.85. The number of hydrogen-bond acceptors (Lipinski definition) is 5. The summed E-state index contributed by atoms with van der Waals surface area (Å²) in [6, 6.07) is 16.6. The maximum Gasteiger partial charge on any atom is 0.160 e. The molecule has 6 heteroatoms. The highest BCUT2D eigenvalue weighted by Crippen LogP contribution is 2.44. The molecule has 2 N–H and O–H groups in total. The van der Waals surface area contributed by atoms with Crippen LogP contribution in [0.4, 0.5) is 5.69 Å². The first-order valence-corrected chi connectivity index (χ1v) is 8.84. The zero-order valence-corrected chi connectivity index (χ0v) is 14.7. The van der Waals surface area contributed by atoms with Crippen molar-refractivity contribution in [2.45, 2.75) is 19.5 Å². The highest BCUT2D eigenvalue weighted by Gasteiger charge is 2.28. The summed E-state index contributed by atoms with van der Waals surface area (Å²) in [4.78, 5) is 14.2. The fourth-order valence-corrected chi connectivity index (χ4v) is 3.85. The third-order valence-electron chi connectivity index (χ3n) is 5.13. The van der Waals surface area contributed by atoms with E-state index in [0.717, 1.165) is 33.3 Å². The molecule has 0 aliphatic carbocycles. The molecule has 1 atom stereocenters. The zero-order chi connectivity index (χ0) is 18.4. The molecule has 0 saturated carbocycles. The summed E-state index contributed by atoms with van der Waals surface area (Å²) in [5, 5.41) is 16.3. The molecule has 0 fully saturated rings. The number of aromatic nitrogens is 3. The van der Waals surface area contributed by atoms with Crippen molar-refractivity contribution in [2.24, 2.45) is 5.18 Å². The summed E-state index contributed by atoms with van der Waals surface area (Å²) in [5.74, 6) is 0. The predicted octanol–water partition coefficient (Wildman–Crippen LogP) is 4.71. The molecule has 4 aromatic rings. The summed E-state index contributed by atoms with van der Waals surface area (Å²) >= 11 is 0. The second-order valence-electron chi connectivity index (χ2n) is 6.81. The normalized spacial score (nSPS) is 15.1. The fraction of sp³-hybridized carbons (Fsp3) is 0.143. The molecule has 0 radical (unpaired) electrons. The van der Waals surface area contributed by atoms with Crippen molar-refractivity contribution in [3.05, 3.63) is 82.0 Å². The van der Waals surface area contributed by atoms with Crippen LogP contribution in [0.2, 0.25) is 0 Å². The number of anilines is 1. The van der Waals surface area contributed by atoms with Crippen molar-refractivity contribution in [1.29, 1.82) is 0 Å². The highest BCUT2D eigenvalue weighted by atomic mass is 16.3. The van der Waals surface area contributed by atoms with Gasteiger partial charge in [-0.3, -0.25) is 0 Å². The Labute approximate surface area is 155 Å². The Hall–Kier alpha value is -3.54. The average molecular weight is 355 g/mol. The van der Waals surface area contributed by atoms with Crippen LogP contribution in [-0.4, -0.2) is 15.2 Å². The minimum absolute atomic E-state index is 0.00751. The minimum Gasteiger partial charge on any atom is -0.374 e. The maximum atomic E-state index is 11.0. The standard InChI is InChI=1S/C21H17N5O/c1-12-6-8-13(9-7-12)20-15-10-22-21-19(15)18(17(11-23-27)25-26-21)14-4-2-3-5-16(14)24-20/h2-10,20,24H,11H2,1H3,(H,22,26). The van der Waals surface area contributed by atoms with Crippen LogP contribution in [0.25, 0.3) is 22.2 Å². The van der Waals surface area contributed by atoms with Crippen molar-refractivity contribution in [3.63, 3.8) is 0 Å². The molecule has 5 rings (SSSR count). The number of nitrogens with one attached hydrogen (secondary N) is 2. The number of nitrogens with zero attached hydrogens (tertiary/aromatic N) is 3. The molecule has 1 aliphatic heterocycles. The van der Waals surface area contributed by atoms with Gasteiger partial charge in [0.05, 0.1) is 11.7 Å². The largest absolute Gasteiger partial charge is 0.374 e. The number of hydrogen-bond donors (Lipinski definition) is 2. The third kappa shape index (κ3) is 2.41. The Morgan fingerprint density at radius 1 is 1.07 bits per heavy atom. The molecule has 132 valence electrons. The van der Waals surface area contributed by atoms with E-state index in [1.807, 2.05) is 24.4 Å². The third-order valence-corrected chi connectivity index (χ3v) is 5.13. The monoisotopic (exact) mass is 355 g/mol. The van der Waals surface area contributed by atoms with Gasteiger partial charge in [0, 0.05) is 34.0 Å². The van der Waals surface area contributed by atoms with Crippen molar-refractivity contribution in [3.8, 4) is 11.1 Å². The van der Waals surface area contributed by atoms with Crippen LogP contribution in [0.5, 0.6) is 0 Å². The smallest absolute Gasteiger partial charge is 0.160 e. The number of nitroso groups, excluding NO2 is 1. The molecule has 6 nitrogen and oxygen atoms in total. The summed E-state index contributed by atoms with van der Waals surface area (Å²) in [6.45, 7) is 2.07. The Balaban J connectivity index is 1.85. The first-order chi connectivity index (χ1) is 13.3. The van der Waals surface area contributed by atoms with Gasteiger partial charge in [-0.1, -0.05) is 53.2 Å². The van der Waals surface area contributed by atoms with Gasteiger partial charge in [-0.15, -0.1) is 5.10 Å². The van der Waals surface area contributed by atoms with Gasteiger partial charge in [-0.2, -0.15) is 10.0 Å². The molecule has 1 aliphatic rings. The number of benzene rings is 2. The van der Waals surface area contributed by atoms with Crippen LogP contribution in [-0.2, 0) is 6.54 Å². The molecule has 0 bridgehead atoms. The van der Waals surface area contributed by atoms with Gasteiger partial charge in [0.25, 0.3) is 0 Å². The molecule has 0 spiro atoms. The highest BCUT2D eigenvalue weighted by molar-refractivity contribution is 6.02. The van der Waals surface area contributed by atoms with Crippen LogP contribution < -0.4 is 5.32 Å². The molecule has 2 aromatic heterocycles. The number of fused-ring (bicyclic) bond motifs is 2. The Morgan fingerprint density at radius 3 is 2.70 bits per heavy atom. The van der Waals surface area contributed by atoms with Gasteiger partial charge in [-0.05, 0) is 18.6 Å². The lowest BCUT2D eigenvalue weighted by Crippen LogP contribution is -2.11. The van der Waals surface area contributed by atoms with Crippen LogP contribution in [0.1, 0.15) is 28.4 Å². The SMILES string of the molecule is Cc1ccc(C2Nc3ccccc3-c3c(CN=O)nnc4[nH]cc2c34)cc1. The molecule has 1 unspecified atom stereocenters. The number of para-hydroxylation sites is 1. The summed E-state index contributed by atoms with van der Waals surface area (Å²) < 4.78 is 0. The van der Waals surface area contributed by atoms with Crippen LogP contribution >= 0.6 is 0 Å². The zero-order valence-electron chi connectivity index (χ0n) is 14.7. The van der Waals surface area contributed by atoms with Gasteiger partial charge in [-0.25, -0.2) is 0 Å². The van der Waals surface area contributed by atoms with Crippen molar-refractivity contribution < 1.29 is 0 Å². The molecule has 3 heterocycles. The Kier molecular flexibility index (Phi) is 3.50. The predicted molar refractivity (Wildman–Crippen MR) is 105 cm³/mol. The molecule has 27 heavy (non-hydrogen) atoms. The lowest BCUT2D eigenvalue weighted by molar-refractivity contribution is 0.914. The Morgan fingerprint density at radius 2 is 1.89 bits per heavy atom. The molecule has 2 aromatic carbocycles. The van der Waals surface area contributed by atoms with Crippen molar-refractivity contribution >= 4 is 16.7 Å². The van der Waals surface area contributed by atoms with E-state index in [1.54, 1.807) is 0 Å². The van der Waals surface area contributed by atoms with Gasteiger partial charge < -0.3 is 10.3 Å². The van der Waals surface area contributed by atoms with E-state index in [4.69, 9.17) is 0 Å². The minimum atomic E-state index is -0.0389. The number of aryl methyl sites for hydroxylation is 1. The summed E-state index contributed by atoms with van der Waals surface area (Å²) in [7, 11) is 0. The summed E-state index contributed by atoms with van der Waals surface area (Å²) in [6.07, 6.45) is 1.98. The van der Waals surface area contributed by atoms with Crippen molar-refractivity contribution in [1.82, 2.24) is 15.2 Å². The topological polar surface area (TPSA) is 83.0 Å². The lowest BCUT2D eigenvalue weighted by Gasteiger charge is -2.19. The van der Waals surface area contributed by atoms with Crippen LogP contribution in [0, 0.1) is 11.8 Å². The average Bonchev–Trinajstić information content (AvgIpc) is 3.05. The van der Waals surface area contributed by atoms with Crippen LogP contribution in [0.15, 0.2) is 59.9 Å². The number of rotatable bonds is 3. The van der Waals surface area contributed by atoms with Gasteiger partial charge in [0.15, 0.2) is 5.65 Å². The molecule has 0 amide bonds. The van der Waals surface area contributed by atoms with E-state index in [0.29, 0.717) is 11.3 Å². The first kappa shape index (κ1) is 15.7. The molecular weight excluding hydrogens is 338 g/mol. The van der Waals surface area contributed by atoms with Gasteiger partial charge >= 0.3 is 0 Å². The molecule has 0 saturated heterocycles. The number of aromatic amines is 1. The van der Waals surface area contributed by atoms with Gasteiger partial charge in [0.1, 0.15) is 6.54 Å². The van der Waals surface area contributed by atoms with Gasteiger partial charge in [0.2, 0.25) is 0 Å². The maximum absolute atomic E-state index is 11.0. The van der Waals surface area contributed by atoms with Crippen LogP contribution in [0.3, 0.4) is 0 Å². The second-order valence-corrected chi connectivity index (χ2v) is 6.81. The first-order valence-electron chi connectivity index (χ1n) is 8.84. The second kappa shape index (κ2) is 6.02.